The van der Waals surface area contributed by atoms with Gasteiger partial charge in [0.1, 0.15) is 0 Å². The van der Waals surface area contributed by atoms with Crippen LogP contribution >= 0.6 is 0 Å². The van der Waals surface area contributed by atoms with Gasteiger partial charge in [0.2, 0.25) is 0 Å². The second-order valence-electron chi connectivity index (χ2n) is 6.34. The summed E-state index contributed by atoms with van der Waals surface area (Å²) in [5.41, 5.74) is 6.29. The monoisotopic (exact) mass is 224 g/mol. The van der Waals surface area contributed by atoms with Crippen LogP contribution in [0.25, 0.3) is 0 Å². The number of nitrogens with two attached hydrogens (primary N) is 1. The molecule has 2 rings (SSSR count). The SMILES string of the molecule is CCC(C)(N)CN1CCC2CCCCC2C1. The van der Waals surface area contributed by atoms with Crippen LogP contribution < -0.4 is 5.73 Å². The first-order valence-corrected chi connectivity index (χ1v) is 7.12. The zero-order valence-electron chi connectivity index (χ0n) is 11.0. The van der Waals surface area contributed by atoms with E-state index in [1.807, 2.05) is 0 Å². The van der Waals surface area contributed by atoms with Crippen molar-refractivity contribution in [3.05, 3.63) is 0 Å². The number of piperidine rings is 1. The van der Waals surface area contributed by atoms with E-state index in [1.54, 1.807) is 0 Å². The first-order chi connectivity index (χ1) is 7.61. The standard InChI is InChI=1S/C14H28N2/c1-3-14(2,15)11-16-9-8-12-6-4-5-7-13(12)10-16/h12-13H,3-11,15H2,1-2H3. The van der Waals surface area contributed by atoms with Crippen molar-refractivity contribution in [2.45, 2.75) is 57.9 Å². The molecule has 1 aliphatic heterocycles. The summed E-state index contributed by atoms with van der Waals surface area (Å²) in [5, 5.41) is 0. The lowest BCUT2D eigenvalue weighted by Gasteiger charge is -2.43. The van der Waals surface area contributed by atoms with Gasteiger partial charge in [0.05, 0.1) is 0 Å². The van der Waals surface area contributed by atoms with Gasteiger partial charge >= 0.3 is 0 Å². The van der Waals surface area contributed by atoms with Crippen molar-refractivity contribution in [3.63, 3.8) is 0 Å². The van der Waals surface area contributed by atoms with Crippen molar-refractivity contribution in [2.24, 2.45) is 17.6 Å². The molecule has 2 fully saturated rings. The number of hydrogen-bond donors (Lipinski definition) is 1. The number of rotatable bonds is 3. The van der Waals surface area contributed by atoms with E-state index in [1.165, 1.54) is 45.2 Å². The molecule has 2 N–H and O–H groups in total. The van der Waals surface area contributed by atoms with E-state index >= 15 is 0 Å². The molecule has 0 aromatic heterocycles. The van der Waals surface area contributed by atoms with E-state index in [2.05, 4.69) is 18.7 Å². The Bertz CT molecular complexity index is 225. The normalized spacial score (nSPS) is 35.4. The molecule has 0 spiro atoms. The minimum atomic E-state index is 0.0154. The maximum absolute atomic E-state index is 6.27. The Morgan fingerprint density at radius 1 is 1.19 bits per heavy atom. The van der Waals surface area contributed by atoms with E-state index in [-0.39, 0.29) is 5.54 Å². The van der Waals surface area contributed by atoms with Gasteiger partial charge in [0.15, 0.2) is 0 Å². The van der Waals surface area contributed by atoms with E-state index in [4.69, 9.17) is 5.73 Å². The van der Waals surface area contributed by atoms with E-state index in [9.17, 15) is 0 Å². The highest BCUT2D eigenvalue weighted by Crippen LogP contribution is 2.36. The molecule has 0 radical (unpaired) electrons. The Hall–Kier alpha value is -0.0800. The molecular formula is C14H28N2. The summed E-state index contributed by atoms with van der Waals surface area (Å²) in [6.45, 7) is 8.09. The molecule has 3 atom stereocenters. The lowest BCUT2D eigenvalue weighted by atomic mass is 9.75. The zero-order chi connectivity index (χ0) is 11.6. The molecule has 2 aliphatic rings. The average molecular weight is 224 g/mol. The van der Waals surface area contributed by atoms with E-state index in [0.29, 0.717) is 0 Å². The molecule has 1 saturated heterocycles. The summed E-state index contributed by atoms with van der Waals surface area (Å²) in [6.07, 6.45) is 8.40. The van der Waals surface area contributed by atoms with Crippen LogP contribution in [0, 0.1) is 11.8 Å². The van der Waals surface area contributed by atoms with Crippen molar-refractivity contribution in [1.82, 2.24) is 4.90 Å². The largest absolute Gasteiger partial charge is 0.324 e. The minimum absolute atomic E-state index is 0.0154. The van der Waals surface area contributed by atoms with E-state index in [0.717, 1.165) is 24.8 Å². The van der Waals surface area contributed by atoms with Crippen LogP contribution in [0.5, 0.6) is 0 Å². The van der Waals surface area contributed by atoms with Gasteiger partial charge in [-0.2, -0.15) is 0 Å². The fraction of sp³-hybridized carbons (Fsp3) is 1.00. The van der Waals surface area contributed by atoms with Crippen LogP contribution in [0.15, 0.2) is 0 Å². The Kier molecular flexibility index (Phi) is 3.91. The Labute approximate surface area is 101 Å². The molecule has 0 bridgehead atoms. The van der Waals surface area contributed by atoms with Crippen molar-refractivity contribution in [2.75, 3.05) is 19.6 Å². The van der Waals surface area contributed by atoms with Crippen molar-refractivity contribution >= 4 is 0 Å². The Morgan fingerprint density at radius 2 is 1.88 bits per heavy atom. The predicted octanol–water partition coefficient (Wildman–Crippen LogP) is 2.63. The summed E-state index contributed by atoms with van der Waals surface area (Å²) < 4.78 is 0. The van der Waals surface area contributed by atoms with Crippen LogP contribution in [0.2, 0.25) is 0 Å². The van der Waals surface area contributed by atoms with E-state index < -0.39 is 0 Å². The van der Waals surface area contributed by atoms with Gasteiger partial charge < -0.3 is 10.6 Å². The molecule has 1 saturated carbocycles. The summed E-state index contributed by atoms with van der Waals surface area (Å²) in [7, 11) is 0. The third-order valence-corrected chi connectivity index (χ3v) is 4.77. The van der Waals surface area contributed by atoms with Crippen LogP contribution in [0.3, 0.4) is 0 Å². The van der Waals surface area contributed by atoms with Crippen molar-refractivity contribution in [3.8, 4) is 0 Å². The summed E-state index contributed by atoms with van der Waals surface area (Å²) in [5.74, 6) is 2.02. The minimum Gasteiger partial charge on any atom is -0.324 e. The molecule has 16 heavy (non-hydrogen) atoms. The molecule has 0 amide bonds. The smallest absolute Gasteiger partial charge is 0.0252 e. The van der Waals surface area contributed by atoms with Crippen LogP contribution in [0.4, 0.5) is 0 Å². The van der Waals surface area contributed by atoms with Gasteiger partial charge in [-0.05, 0) is 44.6 Å². The van der Waals surface area contributed by atoms with Gasteiger partial charge in [0, 0.05) is 18.6 Å². The third-order valence-electron chi connectivity index (χ3n) is 4.77. The maximum atomic E-state index is 6.27. The lowest BCUT2D eigenvalue weighted by Crippen LogP contribution is -2.51. The quantitative estimate of drug-likeness (QED) is 0.798. The molecule has 94 valence electrons. The number of nitrogens with zero attached hydrogens (tertiary/aromatic N) is 1. The first kappa shape index (κ1) is 12.4. The highest BCUT2D eigenvalue weighted by Gasteiger charge is 2.32. The highest BCUT2D eigenvalue weighted by molar-refractivity contribution is 4.88. The average Bonchev–Trinajstić information content (AvgIpc) is 2.28. The fourth-order valence-corrected chi connectivity index (χ4v) is 3.44. The van der Waals surface area contributed by atoms with Crippen LogP contribution in [-0.4, -0.2) is 30.1 Å². The molecule has 2 heteroatoms. The molecule has 0 aromatic carbocycles. The summed E-state index contributed by atoms with van der Waals surface area (Å²) >= 11 is 0. The van der Waals surface area contributed by atoms with Gasteiger partial charge in [0.25, 0.3) is 0 Å². The summed E-state index contributed by atoms with van der Waals surface area (Å²) in [4.78, 5) is 2.62. The van der Waals surface area contributed by atoms with Crippen LogP contribution in [0.1, 0.15) is 52.4 Å². The zero-order valence-corrected chi connectivity index (χ0v) is 11.0. The fourth-order valence-electron chi connectivity index (χ4n) is 3.44. The predicted molar refractivity (Wildman–Crippen MR) is 69.4 cm³/mol. The van der Waals surface area contributed by atoms with Crippen LogP contribution in [-0.2, 0) is 0 Å². The Morgan fingerprint density at radius 3 is 2.56 bits per heavy atom. The maximum Gasteiger partial charge on any atom is 0.0252 e. The molecule has 2 nitrogen and oxygen atoms in total. The molecular weight excluding hydrogens is 196 g/mol. The van der Waals surface area contributed by atoms with Crippen molar-refractivity contribution < 1.29 is 0 Å². The molecule has 1 aliphatic carbocycles. The van der Waals surface area contributed by atoms with Gasteiger partial charge in [-0.15, -0.1) is 0 Å². The summed E-state index contributed by atoms with van der Waals surface area (Å²) in [6, 6.07) is 0. The highest BCUT2D eigenvalue weighted by atomic mass is 15.2. The lowest BCUT2D eigenvalue weighted by molar-refractivity contribution is 0.0720. The van der Waals surface area contributed by atoms with Gasteiger partial charge in [-0.3, -0.25) is 0 Å². The van der Waals surface area contributed by atoms with Gasteiger partial charge in [-0.25, -0.2) is 0 Å². The molecule has 3 unspecified atom stereocenters. The number of likely N-dealkylation sites (tertiary alicyclic amines) is 1. The topological polar surface area (TPSA) is 29.3 Å². The first-order valence-electron chi connectivity index (χ1n) is 7.12. The van der Waals surface area contributed by atoms with Crippen molar-refractivity contribution in [1.29, 1.82) is 0 Å². The second-order valence-corrected chi connectivity index (χ2v) is 6.34. The Balaban J connectivity index is 1.85. The number of fused-ring (bicyclic) bond motifs is 1. The second kappa shape index (κ2) is 5.05. The molecule has 1 heterocycles. The third kappa shape index (κ3) is 2.98. The molecule has 0 aromatic rings. The van der Waals surface area contributed by atoms with Gasteiger partial charge in [-0.1, -0.05) is 26.2 Å². The number of hydrogen-bond acceptors (Lipinski definition) is 2.